The lowest BCUT2D eigenvalue weighted by Crippen LogP contribution is -3.00. The molecule has 0 saturated heterocycles. The summed E-state index contributed by atoms with van der Waals surface area (Å²) in [5, 5.41) is 16.0. The van der Waals surface area contributed by atoms with Gasteiger partial charge < -0.3 is 47.0 Å². The number of nitrogens with one attached hydrogen (secondary N) is 2. The van der Waals surface area contributed by atoms with Crippen LogP contribution < -0.4 is 23.0 Å². The van der Waals surface area contributed by atoms with E-state index in [4.69, 9.17) is 14.4 Å². The highest BCUT2D eigenvalue weighted by molar-refractivity contribution is 6.56. The zero-order valence-corrected chi connectivity index (χ0v) is 14.4. The van der Waals surface area contributed by atoms with Gasteiger partial charge in [0.25, 0.3) is 0 Å². The first-order valence-electron chi connectivity index (χ1n) is 6.67. The molecule has 0 spiro atoms. The quantitative estimate of drug-likeness (QED) is 0.128. The summed E-state index contributed by atoms with van der Waals surface area (Å²) in [7, 11) is 2.26. The second-order valence-electron chi connectivity index (χ2n) is 5.96. The average molecular weight is 332 g/mol. The molecule has 0 aromatic rings. The van der Waals surface area contributed by atoms with Crippen molar-refractivity contribution in [2.24, 2.45) is 0 Å². The van der Waals surface area contributed by atoms with Gasteiger partial charge in [-0.25, -0.2) is 0 Å². The van der Waals surface area contributed by atoms with Gasteiger partial charge in [0.05, 0.1) is 21.1 Å². The van der Waals surface area contributed by atoms with E-state index >= 15 is 0 Å². The number of hydrogen-bond donors (Lipinski definition) is 6. The van der Waals surface area contributed by atoms with Gasteiger partial charge in [0, 0.05) is 25.7 Å². The lowest BCUT2D eigenvalue weighted by molar-refractivity contribution is -0.873. The molecule has 1 atom stereocenters. The minimum Gasteiger partial charge on any atom is -1.00 e. The Hall–Kier alpha value is 0.227. The molecule has 1 unspecified atom stereocenters. The van der Waals surface area contributed by atoms with Crippen molar-refractivity contribution in [2.75, 3.05) is 53.9 Å². The summed E-state index contributed by atoms with van der Waals surface area (Å²) in [4.78, 5) is 26.4. The van der Waals surface area contributed by atoms with Gasteiger partial charge in [-0.05, 0) is 13.0 Å². The molecule has 0 saturated carbocycles. The summed E-state index contributed by atoms with van der Waals surface area (Å²) >= 11 is 0. The molecule has 0 bridgehead atoms. The molecule has 0 radical (unpaired) electrons. The molecule has 0 rings (SSSR count). The highest BCUT2D eigenvalue weighted by Crippen LogP contribution is 1.99. The Morgan fingerprint density at radius 1 is 1.00 bits per heavy atom. The van der Waals surface area contributed by atoms with E-state index in [1.54, 1.807) is 0 Å². The van der Waals surface area contributed by atoms with E-state index in [1.807, 2.05) is 21.1 Å². The number of nitrogens with zero attached hydrogens (tertiary/aromatic N) is 1. The van der Waals surface area contributed by atoms with E-state index in [-0.39, 0.29) is 24.6 Å². The van der Waals surface area contributed by atoms with Gasteiger partial charge in [-0.3, -0.25) is 0 Å². The van der Waals surface area contributed by atoms with Crippen LogP contribution in [0.1, 0.15) is 6.42 Å². The third kappa shape index (κ3) is 18.2. The van der Waals surface area contributed by atoms with Crippen molar-refractivity contribution in [1.82, 2.24) is 10.6 Å². The number of aliphatic hydroxyl groups excluding tert-OH is 1. The fraction of sp³-hybridized carbons (Fsp3) is 1.00. The number of aliphatic hydroxyl groups is 1. The van der Waals surface area contributed by atoms with E-state index in [0.717, 1.165) is 17.6 Å². The zero-order valence-electron chi connectivity index (χ0n) is 12.6. The first-order valence-corrected chi connectivity index (χ1v) is 8.72. The number of likely N-dealkylation sites (N-methyl/N-ethyl adjacent to an activating group) is 1. The molecule has 0 aromatic carbocycles. The van der Waals surface area contributed by atoms with Crippen LogP contribution >= 0.6 is 0 Å². The van der Waals surface area contributed by atoms with Crippen molar-refractivity contribution in [2.45, 2.75) is 18.6 Å². The normalized spacial score (nSPS) is 13.9. The van der Waals surface area contributed by atoms with Gasteiger partial charge >= 0.3 is 8.80 Å². The molecule has 0 aromatic heterocycles. The maximum Gasteiger partial charge on any atom is 0.492 e. The fourth-order valence-corrected chi connectivity index (χ4v) is 2.37. The van der Waals surface area contributed by atoms with Gasteiger partial charge in [-0.1, -0.05) is 0 Å². The summed E-state index contributed by atoms with van der Waals surface area (Å²) in [5.41, 5.74) is 0. The molecular formula is C11H30ClN3O4Si. The predicted molar refractivity (Wildman–Crippen MR) is 76.5 cm³/mol. The van der Waals surface area contributed by atoms with Crippen LogP contribution in [-0.4, -0.2) is 92.8 Å². The van der Waals surface area contributed by atoms with Crippen LogP contribution in [-0.2, 0) is 0 Å². The summed E-state index contributed by atoms with van der Waals surface area (Å²) < 4.78 is 0.732. The van der Waals surface area contributed by atoms with Gasteiger partial charge in [-0.15, -0.1) is 0 Å². The molecule has 6 N–H and O–H groups in total. The standard InChI is InChI=1S/C11H30N3O4Si.ClH/c1-14(2,3)10-11(15)9-13-7-6-12-5-4-8-19(16,17)18;/h11-13,15-18H,4-10H2,1-3H3;1H/q+1;/p-1. The highest BCUT2D eigenvalue weighted by Gasteiger charge is 2.25. The van der Waals surface area contributed by atoms with Crippen LogP contribution in [0.5, 0.6) is 0 Å². The predicted octanol–water partition coefficient (Wildman–Crippen LogP) is -5.46. The molecule has 20 heavy (non-hydrogen) atoms. The maximum atomic E-state index is 9.74. The molecule has 0 aliphatic rings. The second kappa shape index (κ2) is 10.9. The van der Waals surface area contributed by atoms with Gasteiger partial charge in [0.2, 0.25) is 0 Å². The first-order chi connectivity index (χ1) is 8.60. The Bertz CT molecular complexity index is 237. The number of rotatable bonds is 11. The van der Waals surface area contributed by atoms with Crippen molar-refractivity contribution >= 4 is 8.80 Å². The van der Waals surface area contributed by atoms with E-state index in [2.05, 4.69) is 10.6 Å². The van der Waals surface area contributed by atoms with Crippen LogP contribution in [0.15, 0.2) is 0 Å². The highest BCUT2D eigenvalue weighted by atomic mass is 35.5. The summed E-state index contributed by atoms with van der Waals surface area (Å²) in [6.45, 7) is 3.40. The van der Waals surface area contributed by atoms with Crippen molar-refractivity contribution < 1.29 is 36.4 Å². The molecule has 7 nitrogen and oxygen atoms in total. The van der Waals surface area contributed by atoms with Gasteiger partial charge in [-0.2, -0.15) is 0 Å². The minimum atomic E-state index is -3.86. The third-order valence-corrected chi connectivity index (χ3v) is 3.51. The summed E-state index contributed by atoms with van der Waals surface area (Å²) in [6.07, 6.45) is 0.185. The first kappa shape index (κ1) is 22.5. The molecule has 124 valence electrons. The van der Waals surface area contributed by atoms with Crippen LogP contribution in [0, 0.1) is 0 Å². The molecule has 0 fully saturated rings. The molecule has 0 amide bonds. The third-order valence-electron chi connectivity index (χ3n) is 2.48. The Kier molecular flexibility index (Phi) is 12.2. The van der Waals surface area contributed by atoms with Crippen molar-refractivity contribution in [3.63, 3.8) is 0 Å². The average Bonchev–Trinajstić information content (AvgIpc) is 2.17. The Morgan fingerprint density at radius 3 is 2.05 bits per heavy atom. The van der Waals surface area contributed by atoms with E-state index in [1.165, 1.54) is 0 Å². The fourth-order valence-electron chi connectivity index (χ4n) is 1.72. The van der Waals surface area contributed by atoms with Crippen LogP contribution in [0.2, 0.25) is 6.04 Å². The van der Waals surface area contributed by atoms with Crippen LogP contribution in [0.3, 0.4) is 0 Å². The summed E-state index contributed by atoms with van der Waals surface area (Å²) in [6, 6.07) is 0.0651. The zero-order chi connectivity index (χ0) is 14.9. The molecule has 9 heteroatoms. The monoisotopic (exact) mass is 331 g/mol. The smallest absolute Gasteiger partial charge is 0.492 e. The van der Waals surface area contributed by atoms with Crippen LogP contribution in [0.4, 0.5) is 0 Å². The minimum absolute atomic E-state index is 0. The van der Waals surface area contributed by atoms with Crippen molar-refractivity contribution in [3.05, 3.63) is 0 Å². The van der Waals surface area contributed by atoms with Gasteiger partial charge in [0.15, 0.2) is 0 Å². The molecule has 0 aliphatic heterocycles. The van der Waals surface area contributed by atoms with E-state index < -0.39 is 8.80 Å². The Labute approximate surface area is 129 Å². The Morgan fingerprint density at radius 2 is 1.55 bits per heavy atom. The van der Waals surface area contributed by atoms with Crippen molar-refractivity contribution in [3.8, 4) is 0 Å². The summed E-state index contributed by atoms with van der Waals surface area (Å²) in [5.74, 6) is 0. The largest absolute Gasteiger partial charge is 1.00 e. The number of halogens is 1. The lowest BCUT2D eigenvalue weighted by atomic mass is 10.3. The second-order valence-corrected chi connectivity index (χ2v) is 8.01. The van der Waals surface area contributed by atoms with Gasteiger partial charge in [0.1, 0.15) is 12.6 Å². The molecule has 0 heterocycles. The number of quaternary nitrogens is 1. The molecular weight excluding hydrogens is 302 g/mol. The topological polar surface area (TPSA) is 105 Å². The maximum absolute atomic E-state index is 9.74. The number of hydrogen-bond acceptors (Lipinski definition) is 6. The SMILES string of the molecule is C[N+](C)(C)CC(O)CNCCNCCC[Si](O)(O)O.[Cl-]. The molecule has 0 aliphatic carbocycles. The Balaban J connectivity index is 0. The van der Waals surface area contributed by atoms with E-state index in [9.17, 15) is 5.11 Å². The van der Waals surface area contributed by atoms with Crippen molar-refractivity contribution in [1.29, 1.82) is 0 Å². The van der Waals surface area contributed by atoms with E-state index in [0.29, 0.717) is 26.1 Å². The lowest BCUT2D eigenvalue weighted by Gasteiger charge is -2.26. The van der Waals surface area contributed by atoms with Crippen LogP contribution in [0.25, 0.3) is 0 Å².